The van der Waals surface area contributed by atoms with E-state index in [1.54, 1.807) is 6.07 Å². The Labute approximate surface area is 190 Å². The number of nitrogens with one attached hydrogen (secondary N) is 2. The Kier molecular flexibility index (Phi) is 7.37. The van der Waals surface area contributed by atoms with E-state index in [-0.39, 0.29) is 12.4 Å². The van der Waals surface area contributed by atoms with Crippen LogP contribution >= 0.6 is 11.8 Å². The van der Waals surface area contributed by atoms with Gasteiger partial charge in [-0.2, -0.15) is 0 Å². The molecule has 0 saturated heterocycles. The number of nitrogen functional groups attached to an aromatic ring is 1. The molecule has 0 aliphatic heterocycles. The van der Waals surface area contributed by atoms with Crippen molar-refractivity contribution in [1.29, 1.82) is 0 Å². The van der Waals surface area contributed by atoms with Gasteiger partial charge >= 0.3 is 6.03 Å². The van der Waals surface area contributed by atoms with Crippen molar-refractivity contribution in [2.24, 2.45) is 0 Å². The summed E-state index contributed by atoms with van der Waals surface area (Å²) in [6, 6.07) is 10.8. The number of amides is 3. The van der Waals surface area contributed by atoms with Gasteiger partial charge in [0.1, 0.15) is 12.4 Å². The van der Waals surface area contributed by atoms with Gasteiger partial charge in [0, 0.05) is 5.69 Å². The number of nitrogens with two attached hydrogens (primary N) is 1. The predicted octanol–water partition coefficient (Wildman–Crippen LogP) is 3.24. The van der Waals surface area contributed by atoms with Gasteiger partial charge in [-0.25, -0.2) is 9.47 Å². The number of rotatable bonds is 7. The molecule has 4 N–H and O–H groups in total. The maximum atomic E-state index is 12.1. The average molecular weight is 455 g/mol. The monoisotopic (exact) mass is 454 g/mol. The minimum Gasteiger partial charge on any atom is -0.485 e. The highest BCUT2D eigenvalue weighted by Gasteiger charge is 2.15. The Morgan fingerprint density at radius 2 is 1.75 bits per heavy atom. The van der Waals surface area contributed by atoms with Crippen molar-refractivity contribution in [3.8, 4) is 5.75 Å². The van der Waals surface area contributed by atoms with Crippen molar-refractivity contribution in [1.82, 2.24) is 20.2 Å². The standard InChI is InChI=1S/C22H26N6O3S/c1-13-8-9-17(10-16(13)4)24-21(30)25-19(29)12-32-22-27-26-18(28(22)23)11-31-20-14(2)6-5-7-15(20)3/h5-10H,11-12,23H2,1-4H3,(H2,24,25,29,30). The number of benzene rings is 2. The fourth-order valence-electron chi connectivity index (χ4n) is 2.94. The molecule has 0 unspecified atom stereocenters. The van der Waals surface area contributed by atoms with Gasteiger partial charge < -0.3 is 15.9 Å². The van der Waals surface area contributed by atoms with E-state index in [4.69, 9.17) is 10.6 Å². The average Bonchev–Trinajstić information content (AvgIpc) is 3.08. The number of aryl methyl sites for hydroxylation is 4. The summed E-state index contributed by atoms with van der Waals surface area (Å²) in [6.45, 7) is 8.00. The van der Waals surface area contributed by atoms with E-state index in [0.29, 0.717) is 16.7 Å². The molecule has 2 aromatic carbocycles. The van der Waals surface area contributed by atoms with Gasteiger partial charge in [-0.3, -0.25) is 10.1 Å². The van der Waals surface area contributed by atoms with Crippen LogP contribution in [0.25, 0.3) is 0 Å². The Morgan fingerprint density at radius 1 is 1.03 bits per heavy atom. The minimum absolute atomic E-state index is 0.0482. The summed E-state index contributed by atoms with van der Waals surface area (Å²) in [5, 5.41) is 13.3. The Balaban J connectivity index is 1.50. The molecule has 168 valence electrons. The summed E-state index contributed by atoms with van der Waals surface area (Å²) in [6.07, 6.45) is 0. The van der Waals surface area contributed by atoms with Crippen LogP contribution < -0.4 is 21.2 Å². The largest absolute Gasteiger partial charge is 0.485 e. The van der Waals surface area contributed by atoms with Crippen molar-refractivity contribution in [2.45, 2.75) is 39.5 Å². The Bertz CT molecular complexity index is 1120. The number of anilines is 1. The van der Waals surface area contributed by atoms with Gasteiger partial charge in [-0.15, -0.1) is 10.2 Å². The molecule has 10 heteroatoms. The smallest absolute Gasteiger partial charge is 0.325 e. The van der Waals surface area contributed by atoms with Crippen molar-refractivity contribution < 1.29 is 14.3 Å². The highest BCUT2D eigenvalue weighted by Crippen LogP contribution is 2.23. The number of ether oxygens (including phenoxy) is 1. The molecule has 0 aliphatic rings. The first kappa shape index (κ1) is 23.1. The van der Waals surface area contributed by atoms with Crippen molar-refractivity contribution in [3.05, 3.63) is 64.5 Å². The third-order valence-electron chi connectivity index (χ3n) is 4.84. The van der Waals surface area contributed by atoms with Crippen LogP contribution in [0.2, 0.25) is 0 Å². The first-order valence-electron chi connectivity index (χ1n) is 9.94. The summed E-state index contributed by atoms with van der Waals surface area (Å²) >= 11 is 1.07. The molecular formula is C22H26N6O3S. The first-order chi connectivity index (χ1) is 15.2. The molecular weight excluding hydrogens is 428 g/mol. The molecule has 0 spiro atoms. The van der Waals surface area contributed by atoms with Crippen LogP contribution in [0, 0.1) is 27.7 Å². The lowest BCUT2D eigenvalue weighted by Gasteiger charge is -2.11. The van der Waals surface area contributed by atoms with E-state index >= 15 is 0 Å². The van der Waals surface area contributed by atoms with Crippen molar-refractivity contribution in [2.75, 3.05) is 16.9 Å². The van der Waals surface area contributed by atoms with E-state index in [1.165, 1.54) is 4.68 Å². The number of hydrogen-bond donors (Lipinski definition) is 3. The number of para-hydroxylation sites is 1. The van der Waals surface area contributed by atoms with Crippen LogP contribution in [-0.4, -0.2) is 32.6 Å². The molecule has 1 aromatic heterocycles. The highest BCUT2D eigenvalue weighted by molar-refractivity contribution is 7.99. The van der Waals surface area contributed by atoms with Crippen LogP contribution in [0.15, 0.2) is 41.6 Å². The Morgan fingerprint density at radius 3 is 2.44 bits per heavy atom. The van der Waals surface area contributed by atoms with Crippen LogP contribution in [0.4, 0.5) is 10.5 Å². The topological polar surface area (TPSA) is 124 Å². The predicted molar refractivity (Wildman–Crippen MR) is 124 cm³/mol. The van der Waals surface area contributed by atoms with Crippen molar-refractivity contribution >= 4 is 29.4 Å². The molecule has 1 heterocycles. The van der Waals surface area contributed by atoms with Gasteiger partial charge in [0.15, 0.2) is 5.82 Å². The van der Waals surface area contributed by atoms with E-state index in [1.807, 2.05) is 58.0 Å². The van der Waals surface area contributed by atoms with Gasteiger partial charge in [-0.05, 0) is 62.1 Å². The van der Waals surface area contributed by atoms with E-state index < -0.39 is 11.9 Å². The maximum Gasteiger partial charge on any atom is 0.325 e. The number of nitrogens with zero attached hydrogens (tertiary/aromatic N) is 3. The molecule has 0 fully saturated rings. The molecule has 0 atom stereocenters. The SMILES string of the molecule is Cc1ccc(NC(=O)NC(=O)CSc2nnc(COc3c(C)cccc3C)n2N)cc1C. The van der Waals surface area contributed by atoms with Gasteiger partial charge in [0.2, 0.25) is 11.1 Å². The lowest BCUT2D eigenvalue weighted by molar-refractivity contribution is -0.117. The third-order valence-corrected chi connectivity index (χ3v) is 5.78. The summed E-state index contributed by atoms with van der Waals surface area (Å²) in [5.41, 5.74) is 4.80. The maximum absolute atomic E-state index is 12.1. The zero-order valence-corrected chi connectivity index (χ0v) is 19.2. The number of imide groups is 1. The number of carbonyl (C=O) groups excluding carboxylic acids is 2. The van der Waals surface area contributed by atoms with Crippen LogP contribution in [0.1, 0.15) is 28.1 Å². The zero-order valence-electron chi connectivity index (χ0n) is 18.4. The lowest BCUT2D eigenvalue weighted by atomic mass is 10.1. The van der Waals surface area contributed by atoms with Crippen LogP contribution in [0.5, 0.6) is 5.75 Å². The fraction of sp³-hybridized carbons (Fsp3) is 0.273. The summed E-state index contributed by atoms with van der Waals surface area (Å²) < 4.78 is 7.13. The molecule has 3 amide bonds. The van der Waals surface area contributed by atoms with E-state index in [0.717, 1.165) is 39.8 Å². The second-order valence-electron chi connectivity index (χ2n) is 7.37. The van der Waals surface area contributed by atoms with E-state index in [2.05, 4.69) is 20.8 Å². The highest BCUT2D eigenvalue weighted by atomic mass is 32.2. The molecule has 3 rings (SSSR count). The fourth-order valence-corrected chi connectivity index (χ4v) is 3.62. The number of hydrogen-bond acceptors (Lipinski definition) is 7. The number of carbonyl (C=O) groups is 2. The molecule has 9 nitrogen and oxygen atoms in total. The van der Waals surface area contributed by atoms with Gasteiger partial charge in [0.25, 0.3) is 0 Å². The second-order valence-corrected chi connectivity index (χ2v) is 8.31. The quantitative estimate of drug-likeness (QED) is 0.370. The minimum atomic E-state index is -0.601. The summed E-state index contributed by atoms with van der Waals surface area (Å²) in [7, 11) is 0. The number of aromatic nitrogens is 3. The molecule has 0 bridgehead atoms. The number of thioether (sulfide) groups is 1. The molecule has 0 aliphatic carbocycles. The Hall–Kier alpha value is -3.53. The normalized spacial score (nSPS) is 10.6. The lowest BCUT2D eigenvalue weighted by Crippen LogP contribution is -2.35. The second kappa shape index (κ2) is 10.2. The molecule has 3 aromatic rings. The molecule has 0 saturated carbocycles. The molecule has 32 heavy (non-hydrogen) atoms. The van der Waals surface area contributed by atoms with E-state index in [9.17, 15) is 9.59 Å². The van der Waals surface area contributed by atoms with Gasteiger partial charge in [0.05, 0.1) is 5.75 Å². The van der Waals surface area contributed by atoms with Crippen LogP contribution in [-0.2, 0) is 11.4 Å². The zero-order chi connectivity index (χ0) is 23.3. The third kappa shape index (κ3) is 5.79. The number of urea groups is 1. The molecule has 0 radical (unpaired) electrons. The van der Waals surface area contributed by atoms with Crippen molar-refractivity contribution in [3.63, 3.8) is 0 Å². The first-order valence-corrected chi connectivity index (χ1v) is 10.9. The van der Waals surface area contributed by atoms with Crippen LogP contribution in [0.3, 0.4) is 0 Å². The van der Waals surface area contributed by atoms with Gasteiger partial charge in [-0.1, -0.05) is 36.0 Å². The summed E-state index contributed by atoms with van der Waals surface area (Å²) in [4.78, 5) is 24.2. The summed E-state index contributed by atoms with van der Waals surface area (Å²) in [5.74, 6) is 6.71.